The average Bonchev–Trinajstić information content (AvgIpc) is 2.72. The maximum absolute atomic E-state index is 12.9. The Balaban J connectivity index is 2.27. The van der Waals surface area contributed by atoms with Gasteiger partial charge in [0.1, 0.15) is 5.75 Å². The largest absolute Gasteiger partial charge is 0.497 e. The standard InChI is InChI=1S/C26H36O2Si/c1-6-7-13-25(29(3,4)5)19-16-23(21-14-17-24(28-2)18-15-21)20-26(27)22-11-9-8-10-12-22/h8-12,14-15,17-19,23H,6-7,13,16,20H2,1-5H3/b25-19+. The van der Waals surface area contributed by atoms with Crippen LogP contribution in [0.1, 0.15) is 60.9 Å². The number of hydrogen-bond acceptors (Lipinski definition) is 2. The van der Waals surface area contributed by atoms with Gasteiger partial charge in [0.05, 0.1) is 15.2 Å². The van der Waals surface area contributed by atoms with Crippen molar-refractivity contribution in [2.45, 2.75) is 64.6 Å². The van der Waals surface area contributed by atoms with Crippen molar-refractivity contribution in [2.75, 3.05) is 7.11 Å². The molecule has 3 heteroatoms. The Morgan fingerprint density at radius 2 is 1.69 bits per heavy atom. The van der Waals surface area contributed by atoms with E-state index in [1.807, 2.05) is 42.5 Å². The van der Waals surface area contributed by atoms with Crippen molar-refractivity contribution in [3.63, 3.8) is 0 Å². The summed E-state index contributed by atoms with van der Waals surface area (Å²) in [4.78, 5) is 12.9. The van der Waals surface area contributed by atoms with Gasteiger partial charge in [-0.1, -0.05) is 93.1 Å². The molecule has 0 aliphatic heterocycles. The number of hydrogen-bond donors (Lipinski definition) is 0. The average molecular weight is 409 g/mol. The fourth-order valence-corrected chi connectivity index (χ4v) is 5.27. The van der Waals surface area contributed by atoms with E-state index in [1.165, 1.54) is 24.8 Å². The van der Waals surface area contributed by atoms with E-state index in [9.17, 15) is 4.79 Å². The lowest BCUT2D eigenvalue weighted by Gasteiger charge is -2.23. The van der Waals surface area contributed by atoms with E-state index in [1.54, 1.807) is 12.3 Å². The Bertz CT molecular complexity index is 786. The highest BCUT2D eigenvalue weighted by molar-refractivity contribution is 6.83. The van der Waals surface area contributed by atoms with E-state index in [0.29, 0.717) is 6.42 Å². The number of unbranched alkanes of at least 4 members (excludes halogenated alkanes) is 1. The highest BCUT2D eigenvalue weighted by Gasteiger charge is 2.21. The number of carbonyl (C=O) groups is 1. The molecule has 0 aliphatic rings. The van der Waals surface area contributed by atoms with Crippen LogP contribution >= 0.6 is 0 Å². The second kappa shape index (κ2) is 11.2. The molecule has 1 unspecified atom stereocenters. The number of benzene rings is 2. The normalized spacial score (nSPS) is 13.2. The zero-order valence-electron chi connectivity index (χ0n) is 18.7. The quantitative estimate of drug-likeness (QED) is 0.285. The van der Waals surface area contributed by atoms with Crippen LogP contribution in [0.15, 0.2) is 65.9 Å². The topological polar surface area (TPSA) is 26.3 Å². The third-order valence-electron chi connectivity index (χ3n) is 5.53. The first-order chi connectivity index (χ1) is 13.8. The summed E-state index contributed by atoms with van der Waals surface area (Å²) in [6.07, 6.45) is 7.54. The lowest BCUT2D eigenvalue weighted by molar-refractivity contribution is 0.0973. The predicted molar refractivity (Wildman–Crippen MR) is 127 cm³/mol. The van der Waals surface area contributed by atoms with Gasteiger partial charge in [-0.3, -0.25) is 4.79 Å². The third kappa shape index (κ3) is 7.32. The van der Waals surface area contributed by atoms with Gasteiger partial charge in [-0.2, -0.15) is 0 Å². The van der Waals surface area contributed by atoms with Crippen LogP contribution in [0, 0.1) is 0 Å². The molecule has 0 aliphatic carbocycles. The van der Waals surface area contributed by atoms with E-state index in [0.717, 1.165) is 17.7 Å². The van der Waals surface area contributed by atoms with E-state index in [-0.39, 0.29) is 11.7 Å². The zero-order chi connectivity index (χ0) is 21.3. The van der Waals surface area contributed by atoms with Gasteiger partial charge in [0.15, 0.2) is 5.78 Å². The Morgan fingerprint density at radius 3 is 2.24 bits per heavy atom. The maximum Gasteiger partial charge on any atom is 0.163 e. The lowest BCUT2D eigenvalue weighted by Crippen LogP contribution is -2.24. The third-order valence-corrected chi connectivity index (χ3v) is 7.91. The van der Waals surface area contributed by atoms with Crippen molar-refractivity contribution in [2.24, 2.45) is 0 Å². The van der Waals surface area contributed by atoms with E-state index < -0.39 is 8.07 Å². The van der Waals surface area contributed by atoms with Crippen LogP contribution in [0.3, 0.4) is 0 Å². The first-order valence-corrected chi connectivity index (χ1v) is 14.3. The summed E-state index contributed by atoms with van der Waals surface area (Å²) < 4.78 is 5.31. The van der Waals surface area contributed by atoms with Gasteiger partial charge in [-0.05, 0) is 36.5 Å². The van der Waals surface area contributed by atoms with Gasteiger partial charge >= 0.3 is 0 Å². The van der Waals surface area contributed by atoms with E-state index in [4.69, 9.17) is 4.74 Å². The Hall–Kier alpha value is -2.13. The summed E-state index contributed by atoms with van der Waals surface area (Å²) in [7, 11) is 0.329. The summed E-state index contributed by atoms with van der Waals surface area (Å²) >= 11 is 0. The number of ketones is 1. The summed E-state index contributed by atoms with van der Waals surface area (Å²) in [5, 5.41) is 1.63. The molecular formula is C26H36O2Si. The maximum atomic E-state index is 12.9. The van der Waals surface area contributed by atoms with Gasteiger partial charge in [0.25, 0.3) is 0 Å². The molecule has 2 aromatic rings. The van der Waals surface area contributed by atoms with E-state index in [2.05, 4.69) is 44.8 Å². The number of Topliss-reactive ketones (excluding diaryl/α,β-unsaturated/α-hetero) is 1. The minimum atomic E-state index is -1.35. The smallest absolute Gasteiger partial charge is 0.163 e. The Labute approximate surface area is 178 Å². The van der Waals surface area contributed by atoms with Gasteiger partial charge in [-0.15, -0.1) is 0 Å². The van der Waals surface area contributed by atoms with Crippen molar-refractivity contribution in [1.29, 1.82) is 0 Å². The summed E-state index contributed by atoms with van der Waals surface area (Å²) in [5.41, 5.74) is 2.00. The van der Waals surface area contributed by atoms with E-state index >= 15 is 0 Å². The number of rotatable bonds is 11. The molecule has 0 saturated heterocycles. The summed E-state index contributed by atoms with van der Waals surface area (Å²) in [6, 6.07) is 17.9. The molecule has 29 heavy (non-hydrogen) atoms. The molecule has 2 aromatic carbocycles. The molecule has 1 atom stereocenters. The van der Waals surface area contributed by atoms with Crippen LogP contribution in [0.2, 0.25) is 19.6 Å². The molecular weight excluding hydrogens is 372 g/mol. The number of methoxy groups -OCH3 is 1. The van der Waals surface area contributed by atoms with Crippen molar-refractivity contribution in [1.82, 2.24) is 0 Å². The van der Waals surface area contributed by atoms with Crippen molar-refractivity contribution < 1.29 is 9.53 Å². The SMILES string of the molecule is CCCC/C(=C\CC(CC(=O)c1ccccc1)c1ccc(OC)cc1)[Si](C)(C)C. The molecule has 2 nitrogen and oxygen atoms in total. The molecule has 2 rings (SSSR count). The molecule has 0 aromatic heterocycles. The Kier molecular flexibility index (Phi) is 8.90. The van der Waals surface area contributed by atoms with Crippen LogP contribution in [0.25, 0.3) is 0 Å². The van der Waals surface area contributed by atoms with Crippen LogP contribution in [0.4, 0.5) is 0 Å². The molecule has 0 saturated carbocycles. The molecule has 0 amide bonds. The summed E-state index contributed by atoms with van der Waals surface area (Å²) in [5.74, 6) is 1.24. The fraction of sp³-hybridized carbons (Fsp3) is 0.423. The number of ether oxygens (including phenoxy) is 1. The minimum Gasteiger partial charge on any atom is -0.497 e. The monoisotopic (exact) mass is 408 g/mol. The first-order valence-electron chi connectivity index (χ1n) is 10.8. The Morgan fingerprint density at radius 1 is 1.03 bits per heavy atom. The zero-order valence-corrected chi connectivity index (χ0v) is 19.7. The molecule has 0 radical (unpaired) electrons. The molecule has 0 N–H and O–H groups in total. The van der Waals surface area contributed by atoms with Crippen LogP contribution in [-0.2, 0) is 0 Å². The second-order valence-electron chi connectivity index (χ2n) is 8.78. The van der Waals surface area contributed by atoms with Crippen LogP contribution < -0.4 is 4.74 Å². The summed E-state index contributed by atoms with van der Waals surface area (Å²) in [6.45, 7) is 9.52. The molecule has 0 fully saturated rings. The van der Waals surface area contributed by atoms with Crippen LogP contribution in [0.5, 0.6) is 5.75 Å². The number of carbonyl (C=O) groups excluding carboxylic acids is 1. The van der Waals surface area contributed by atoms with Crippen molar-refractivity contribution in [3.8, 4) is 5.75 Å². The van der Waals surface area contributed by atoms with Crippen molar-refractivity contribution in [3.05, 3.63) is 77.0 Å². The highest BCUT2D eigenvalue weighted by atomic mass is 28.3. The van der Waals surface area contributed by atoms with Gasteiger partial charge in [0.2, 0.25) is 0 Å². The van der Waals surface area contributed by atoms with Crippen LogP contribution in [-0.4, -0.2) is 21.0 Å². The molecule has 0 heterocycles. The van der Waals surface area contributed by atoms with Gasteiger partial charge in [-0.25, -0.2) is 0 Å². The van der Waals surface area contributed by atoms with Crippen molar-refractivity contribution >= 4 is 13.9 Å². The van der Waals surface area contributed by atoms with Gasteiger partial charge in [0, 0.05) is 12.0 Å². The lowest BCUT2D eigenvalue weighted by atomic mass is 9.88. The second-order valence-corrected chi connectivity index (χ2v) is 13.9. The highest BCUT2D eigenvalue weighted by Crippen LogP contribution is 2.30. The molecule has 0 spiro atoms. The molecule has 156 valence electrons. The predicted octanol–water partition coefficient (Wildman–Crippen LogP) is 7.44. The van der Waals surface area contributed by atoms with Gasteiger partial charge < -0.3 is 4.74 Å². The molecule has 0 bridgehead atoms. The first kappa shape index (κ1) is 23.1. The minimum absolute atomic E-state index is 0.182. The number of allylic oxidation sites excluding steroid dienone is 2. The fourth-order valence-electron chi connectivity index (χ4n) is 3.61.